The van der Waals surface area contributed by atoms with Crippen LogP contribution in [0.15, 0.2) is 30.6 Å². The number of benzene rings is 1. The zero-order chi connectivity index (χ0) is 12.4. The van der Waals surface area contributed by atoms with E-state index in [4.69, 9.17) is 0 Å². The minimum absolute atomic E-state index is 0.0741. The molecule has 0 saturated heterocycles. The van der Waals surface area contributed by atoms with Crippen molar-refractivity contribution >= 4 is 5.78 Å². The highest BCUT2D eigenvalue weighted by molar-refractivity contribution is 6.08. The van der Waals surface area contributed by atoms with Crippen LogP contribution in [0, 0.1) is 20.8 Å². The van der Waals surface area contributed by atoms with Crippen molar-refractivity contribution in [3.05, 3.63) is 58.7 Å². The molecule has 0 radical (unpaired) electrons. The van der Waals surface area contributed by atoms with Crippen LogP contribution >= 0.6 is 0 Å². The third kappa shape index (κ3) is 2.38. The van der Waals surface area contributed by atoms with E-state index in [1.54, 1.807) is 6.20 Å². The van der Waals surface area contributed by atoms with Crippen molar-refractivity contribution < 1.29 is 4.79 Å². The summed E-state index contributed by atoms with van der Waals surface area (Å²) in [7, 11) is 0. The van der Waals surface area contributed by atoms with Crippen molar-refractivity contribution in [2.24, 2.45) is 0 Å². The molecule has 2 aromatic rings. The second kappa shape index (κ2) is 4.45. The van der Waals surface area contributed by atoms with E-state index < -0.39 is 0 Å². The molecular weight excluding hydrogens is 212 g/mol. The van der Waals surface area contributed by atoms with Gasteiger partial charge < -0.3 is 0 Å². The molecule has 1 aromatic carbocycles. The van der Waals surface area contributed by atoms with E-state index in [0.717, 1.165) is 16.8 Å². The second-order valence-electron chi connectivity index (χ2n) is 4.19. The van der Waals surface area contributed by atoms with Gasteiger partial charge in [0.2, 0.25) is 5.78 Å². The van der Waals surface area contributed by atoms with Crippen molar-refractivity contribution in [1.82, 2.24) is 9.97 Å². The number of nitrogens with zero attached hydrogens (tertiary/aromatic N) is 2. The fraction of sp³-hybridized carbons (Fsp3) is 0.214. The number of hydrogen-bond donors (Lipinski definition) is 0. The Kier molecular flexibility index (Phi) is 3.00. The maximum atomic E-state index is 12.2. The third-order valence-corrected chi connectivity index (χ3v) is 2.64. The highest BCUT2D eigenvalue weighted by Gasteiger charge is 2.13. The van der Waals surface area contributed by atoms with Gasteiger partial charge in [0.15, 0.2) is 0 Å². The van der Waals surface area contributed by atoms with Gasteiger partial charge in [0.05, 0.1) is 11.9 Å². The van der Waals surface area contributed by atoms with E-state index in [2.05, 4.69) is 9.97 Å². The highest BCUT2D eigenvalue weighted by atomic mass is 16.1. The first kappa shape index (κ1) is 11.5. The van der Waals surface area contributed by atoms with E-state index in [1.165, 1.54) is 6.20 Å². The Morgan fingerprint density at radius 3 is 2.41 bits per heavy atom. The van der Waals surface area contributed by atoms with Crippen LogP contribution in [-0.2, 0) is 0 Å². The van der Waals surface area contributed by atoms with Crippen LogP contribution in [0.25, 0.3) is 0 Å². The molecule has 0 saturated carbocycles. The van der Waals surface area contributed by atoms with Crippen LogP contribution in [0.3, 0.4) is 0 Å². The number of rotatable bonds is 2. The van der Waals surface area contributed by atoms with Gasteiger partial charge in [0.25, 0.3) is 0 Å². The van der Waals surface area contributed by atoms with Crippen LogP contribution < -0.4 is 0 Å². The van der Waals surface area contributed by atoms with Gasteiger partial charge in [-0.15, -0.1) is 0 Å². The minimum Gasteiger partial charge on any atom is -0.287 e. The highest BCUT2D eigenvalue weighted by Crippen LogP contribution is 2.14. The molecule has 0 amide bonds. The van der Waals surface area contributed by atoms with E-state index in [1.807, 2.05) is 39.0 Å². The van der Waals surface area contributed by atoms with E-state index >= 15 is 0 Å². The molecule has 1 heterocycles. The van der Waals surface area contributed by atoms with Crippen LogP contribution in [-0.4, -0.2) is 15.8 Å². The van der Waals surface area contributed by atoms with Crippen molar-refractivity contribution in [1.29, 1.82) is 0 Å². The maximum absolute atomic E-state index is 12.2. The standard InChI is InChI=1S/C14H14N2O/c1-9-4-5-12(10(2)6-9)14(17)13-8-15-11(3)7-16-13/h4-8H,1-3H3. The lowest BCUT2D eigenvalue weighted by Gasteiger charge is -2.05. The Labute approximate surface area is 101 Å². The molecule has 2 rings (SSSR count). The summed E-state index contributed by atoms with van der Waals surface area (Å²) in [5.74, 6) is -0.0741. The molecule has 0 aliphatic heterocycles. The second-order valence-corrected chi connectivity index (χ2v) is 4.19. The molecule has 0 unspecified atom stereocenters. The molecule has 0 spiro atoms. The average Bonchev–Trinajstić information content (AvgIpc) is 2.29. The Balaban J connectivity index is 2.40. The van der Waals surface area contributed by atoms with Crippen LogP contribution in [0.2, 0.25) is 0 Å². The fourth-order valence-electron chi connectivity index (χ4n) is 1.72. The summed E-state index contributed by atoms with van der Waals surface area (Å²) in [4.78, 5) is 20.4. The Hall–Kier alpha value is -2.03. The van der Waals surface area contributed by atoms with E-state index in [0.29, 0.717) is 11.3 Å². The molecule has 0 atom stereocenters. The van der Waals surface area contributed by atoms with Crippen LogP contribution in [0.5, 0.6) is 0 Å². The predicted molar refractivity (Wildman–Crippen MR) is 66.1 cm³/mol. The molecule has 0 fully saturated rings. The van der Waals surface area contributed by atoms with E-state index in [-0.39, 0.29) is 5.78 Å². The molecule has 0 aliphatic carbocycles. The molecule has 1 aromatic heterocycles. The first-order chi connectivity index (χ1) is 8.08. The van der Waals surface area contributed by atoms with Gasteiger partial charge in [0, 0.05) is 11.8 Å². The first-order valence-electron chi connectivity index (χ1n) is 5.48. The number of carbonyl (C=O) groups is 1. The summed E-state index contributed by atoms with van der Waals surface area (Å²) >= 11 is 0. The molecule has 86 valence electrons. The van der Waals surface area contributed by atoms with Crippen molar-refractivity contribution in [2.75, 3.05) is 0 Å². The van der Waals surface area contributed by atoms with Gasteiger partial charge in [0.1, 0.15) is 5.69 Å². The van der Waals surface area contributed by atoms with Crippen molar-refractivity contribution in [3.63, 3.8) is 0 Å². The molecular formula is C14H14N2O. The van der Waals surface area contributed by atoms with Gasteiger partial charge in [-0.05, 0) is 26.3 Å². The van der Waals surface area contributed by atoms with Crippen LogP contribution in [0.1, 0.15) is 32.9 Å². The fourth-order valence-corrected chi connectivity index (χ4v) is 1.72. The summed E-state index contributed by atoms with van der Waals surface area (Å²) in [6, 6.07) is 5.77. The molecule has 3 heteroatoms. The maximum Gasteiger partial charge on any atom is 0.213 e. The quantitative estimate of drug-likeness (QED) is 0.739. The summed E-state index contributed by atoms with van der Waals surface area (Å²) in [5.41, 5.74) is 4.00. The number of aromatic nitrogens is 2. The first-order valence-corrected chi connectivity index (χ1v) is 5.48. The number of hydrogen-bond acceptors (Lipinski definition) is 3. The normalized spacial score (nSPS) is 10.3. The topological polar surface area (TPSA) is 42.9 Å². The average molecular weight is 226 g/mol. The van der Waals surface area contributed by atoms with Gasteiger partial charge in [-0.1, -0.05) is 23.8 Å². The largest absolute Gasteiger partial charge is 0.287 e. The predicted octanol–water partition coefficient (Wildman–Crippen LogP) is 2.63. The summed E-state index contributed by atoms with van der Waals surface area (Å²) < 4.78 is 0. The summed E-state index contributed by atoms with van der Waals surface area (Å²) in [6.45, 7) is 5.78. The summed E-state index contributed by atoms with van der Waals surface area (Å²) in [6.07, 6.45) is 3.13. The lowest BCUT2D eigenvalue weighted by molar-refractivity contribution is 0.103. The van der Waals surface area contributed by atoms with Gasteiger partial charge in [-0.3, -0.25) is 9.78 Å². The Bertz CT molecular complexity index is 559. The molecule has 3 nitrogen and oxygen atoms in total. The zero-order valence-corrected chi connectivity index (χ0v) is 10.2. The monoisotopic (exact) mass is 226 g/mol. The SMILES string of the molecule is Cc1ccc(C(=O)c2cnc(C)cn2)c(C)c1. The number of ketones is 1. The molecule has 0 aliphatic rings. The number of aryl methyl sites for hydroxylation is 3. The van der Waals surface area contributed by atoms with Crippen LogP contribution in [0.4, 0.5) is 0 Å². The zero-order valence-electron chi connectivity index (χ0n) is 10.2. The Morgan fingerprint density at radius 2 is 1.82 bits per heavy atom. The third-order valence-electron chi connectivity index (χ3n) is 2.64. The van der Waals surface area contributed by atoms with Gasteiger partial charge in [-0.25, -0.2) is 4.98 Å². The van der Waals surface area contributed by atoms with Gasteiger partial charge in [-0.2, -0.15) is 0 Å². The van der Waals surface area contributed by atoms with Gasteiger partial charge >= 0.3 is 0 Å². The lowest BCUT2D eigenvalue weighted by atomic mass is 10.0. The molecule has 17 heavy (non-hydrogen) atoms. The minimum atomic E-state index is -0.0741. The molecule has 0 N–H and O–H groups in total. The summed E-state index contributed by atoms with van der Waals surface area (Å²) in [5, 5.41) is 0. The lowest BCUT2D eigenvalue weighted by Crippen LogP contribution is -2.07. The van der Waals surface area contributed by atoms with Crippen molar-refractivity contribution in [2.45, 2.75) is 20.8 Å². The van der Waals surface area contributed by atoms with Crippen molar-refractivity contribution in [3.8, 4) is 0 Å². The number of carbonyl (C=O) groups excluding carboxylic acids is 1. The van der Waals surface area contributed by atoms with E-state index in [9.17, 15) is 4.79 Å². The smallest absolute Gasteiger partial charge is 0.213 e. The molecule has 0 bridgehead atoms. The Morgan fingerprint density at radius 1 is 1.06 bits per heavy atom.